The highest BCUT2D eigenvalue weighted by Gasteiger charge is 2.17. The summed E-state index contributed by atoms with van der Waals surface area (Å²) in [5, 5.41) is 12.7. The molecular weight excluding hydrogens is 268 g/mol. The number of carboxylic acid groups (broad SMARTS) is 1. The molecule has 0 aromatic heterocycles. The van der Waals surface area contributed by atoms with E-state index in [9.17, 15) is 19.2 Å². The number of hydrogen-bond donors (Lipinski definition) is 3. The third kappa shape index (κ3) is 8.90. The van der Waals surface area contributed by atoms with Crippen molar-refractivity contribution in [1.82, 2.24) is 10.6 Å². The van der Waals surface area contributed by atoms with Gasteiger partial charge in [-0.25, -0.2) is 9.59 Å². The van der Waals surface area contributed by atoms with E-state index in [1.165, 1.54) is 6.92 Å². The first kappa shape index (κ1) is 17.9. The Morgan fingerprint density at radius 2 is 1.75 bits per heavy atom. The van der Waals surface area contributed by atoms with Crippen LogP contribution in [0.5, 0.6) is 0 Å². The maximum absolute atomic E-state index is 11.4. The molecule has 0 aliphatic rings. The number of urea groups is 1. The molecule has 0 heterocycles. The number of aliphatic carboxylic acids is 1. The first-order chi connectivity index (χ1) is 9.36. The van der Waals surface area contributed by atoms with Crippen molar-refractivity contribution >= 4 is 23.9 Å². The zero-order chi connectivity index (χ0) is 15.5. The molecule has 8 heteroatoms. The number of hydrogen-bond acceptors (Lipinski definition) is 5. The van der Waals surface area contributed by atoms with E-state index in [2.05, 4.69) is 15.4 Å². The molecule has 0 saturated heterocycles. The van der Waals surface area contributed by atoms with Crippen LogP contribution in [0.1, 0.15) is 39.5 Å². The second kappa shape index (κ2) is 9.76. The number of esters is 1. The van der Waals surface area contributed by atoms with Crippen molar-refractivity contribution in [3.63, 3.8) is 0 Å². The van der Waals surface area contributed by atoms with Crippen molar-refractivity contribution < 1.29 is 29.0 Å². The summed E-state index contributed by atoms with van der Waals surface area (Å²) in [6.07, 6.45) is 0.774. The first-order valence-electron chi connectivity index (χ1n) is 6.35. The smallest absolute Gasteiger partial charge is 0.328 e. The SMILES string of the molecule is CCOC(=O)C(C)NC(=O)NC(=O)CCCCC(=O)O. The first-order valence-corrected chi connectivity index (χ1v) is 6.35. The summed E-state index contributed by atoms with van der Waals surface area (Å²) in [5.41, 5.74) is 0. The summed E-state index contributed by atoms with van der Waals surface area (Å²) in [5.74, 6) is -2.04. The molecule has 114 valence electrons. The molecule has 20 heavy (non-hydrogen) atoms. The van der Waals surface area contributed by atoms with Gasteiger partial charge in [-0.1, -0.05) is 0 Å². The minimum atomic E-state index is -0.925. The Morgan fingerprint density at radius 3 is 2.30 bits per heavy atom. The minimum Gasteiger partial charge on any atom is -0.481 e. The van der Waals surface area contributed by atoms with Gasteiger partial charge in [-0.2, -0.15) is 0 Å². The number of unbranched alkanes of at least 4 members (excludes halogenated alkanes) is 1. The van der Waals surface area contributed by atoms with Gasteiger partial charge >= 0.3 is 18.0 Å². The molecule has 0 fully saturated rings. The van der Waals surface area contributed by atoms with Crippen LogP contribution in [0, 0.1) is 0 Å². The fourth-order valence-corrected chi connectivity index (χ4v) is 1.31. The molecule has 0 aliphatic carbocycles. The van der Waals surface area contributed by atoms with Gasteiger partial charge in [0.05, 0.1) is 6.61 Å². The van der Waals surface area contributed by atoms with Crippen molar-refractivity contribution in [3.05, 3.63) is 0 Å². The van der Waals surface area contributed by atoms with Gasteiger partial charge < -0.3 is 15.2 Å². The number of imide groups is 1. The Hall–Kier alpha value is -2.12. The van der Waals surface area contributed by atoms with Gasteiger partial charge in [0.1, 0.15) is 6.04 Å². The standard InChI is InChI=1S/C12H20N2O6/c1-3-20-11(18)8(2)13-12(19)14-9(15)6-4-5-7-10(16)17/h8H,3-7H2,1-2H3,(H,16,17)(H2,13,14,15,19). The molecule has 0 bridgehead atoms. The largest absolute Gasteiger partial charge is 0.481 e. The predicted molar refractivity (Wildman–Crippen MR) is 68.9 cm³/mol. The molecule has 0 radical (unpaired) electrons. The topological polar surface area (TPSA) is 122 Å². The van der Waals surface area contributed by atoms with E-state index in [1.807, 2.05) is 0 Å². The summed E-state index contributed by atoms with van der Waals surface area (Å²) in [4.78, 5) is 44.2. The molecule has 1 atom stereocenters. The van der Waals surface area contributed by atoms with Crippen molar-refractivity contribution in [3.8, 4) is 0 Å². The van der Waals surface area contributed by atoms with Crippen LogP contribution >= 0.6 is 0 Å². The molecule has 0 aliphatic heterocycles. The van der Waals surface area contributed by atoms with Crippen molar-refractivity contribution in [2.45, 2.75) is 45.6 Å². The molecule has 1 unspecified atom stereocenters. The van der Waals surface area contributed by atoms with Gasteiger partial charge in [0, 0.05) is 12.8 Å². The molecule has 0 aromatic rings. The van der Waals surface area contributed by atoms with Crippen LogP contribution in [0.15, 0.2) is 0 Å². The van der Waals surface area contributed by atoms with E-state index in [1.54, 1.807) is 6.92 Å². The van der Waals surface area contributed by atoms with Crippen LogP contribution < -0.4 is 10.6 Å². The van der Waals surface area contributed by atoms with E-state index in [-0.39, 0.29) is 19.4 Å². The van der Waals surface area contributed by atoms with Gasteiger partial charge in [0.25, 0.3) is 0 Å². The Bertz CT molecular complexity index is 369. The maximum atomic E-state index is 11.4. The fourth-order valence-electron chi connectivity index (χ4n) is 1.31. The number of ether oxygens (including phenoxy) is 1. The summed E-state index contributed by atoms with van der Waals surface area (Å²) < 4.78 is 4.69. The lowest BCUT2D eigenvalue weighted by molar-refractivity contribution is -0.145. The second-order valence-electron chi connectivity index (χ2n) is 4.10. The molecule has 0 rings (SSSR count). The lowest BCUT2D eigenvalue weighted by atomic mass is 10.2. The molecule has 8 nitrogen and oxygen atoms in total. The normalized spacial score (nSPS) is 11.3. The van der Waals surface area contributed by atoms with E-state index in [0.29, 0.717) is 12.8 Å². The van der Waals surface area contributed by atoms with Gasteiger partial charge in [0.2, 0.25) is 5.91 Å². The average Bonchev–Trinajstić information content (AvgIpc) is 2.34. The quantitative estimate of drug-likeness (QED) is 0.439. The highest BCUT2D eigenvalue weighted by molar-refractivity contribution is 5.95. The lowest BCUT2D eigenvalue weighted by Gasteiger charge is -2.12. The monoisotopic (exact) mass is 288 g/mol. The Labute approximate surface area is 116 Å². The zero-order valence-electron chi connectivity index (χ0n) is 11.6. The highest BCUT2D eigenvalue weighted by Crippen LogP contribution is 1.99. The minimum absolute atomic E-state index is 0.0145. The summed E-state index contributed by atoms with van der Waals surface area (Å²) in [6, 6.07) is -1.64. The number of carbonyl (C=O) groups is 4. The van der Waals surface area contributed by atoms with E-state index < -0.39 is 29.9 Å². The van der Waals surface area contributed by atoms with Crippen LogP contribution in [-0.2, 0) is 19.1 Å². The van der Waals surface area contributed by atoms with Crippen LogP contribution in [0.4, 0.5) is 4.79 Å². The molecule has 3 amide bonds. The summed E-state index contributed by atoms with van der Waals surface area (Å²) in [7, 11) is 0. The van der Waals surface area contributed by atoms with Gasteiger partial charge in [-0.15, -0.1) is 0 Å². The Kier molecular flexibility index (Phi) is 8.73. The highest BCUT2D eigenvalue weighted by atomic mass is 16.5. The van der Waals surface area contributed by atoms with Crippen molar-refractivity contribution in [1.29, 1.82) is 0 Å². The molecule has 3 N–H and O–H groups in total. The van der Waals surface area contributed by atoms with Crippen molar-refractivity contribution in [2.75, 3.05) is 6.61 Å². The fraction of sp³-hybridized carbons (Fsp3) is 0.667. The van der Waals surface area contributed by atoms with Crippen LogP contribution in [0.2, 0.25) is 0 Å². The Balaban J connectivity index is 3.87. The second-order valence-corrected chi connectivity index (χ2v) is 4.10. The van der Waals surface area contributed by atoms with Crippen LogP contribution in [0.25, 0.3) is 0 Å². The van der Waals surface area contributed by atoms with Gasteiger partial charge in [-0.05, 0) is 26.7 Å². The van der Waals surface area contributed by atoms with Gasteiger partial charge in [0.15, 0.2) is 0 Å². The third-order valence-electron chi connectivity index (χ3n) is 2.29. The van der Waals surface area contributed by atoms with Crippen LogP contribution in [0.3, 0.4) is 0 Å². The molecule has 0 aromatic carbocycles. The van der Waals surface area contributed by atoms with Crippen molar-refractivity contribution in [2.24, 2.45) is 0 Å². The maximum Gasteiger partial charge on any atom is 0.328 e. The average molecular weight is 288 g/mol. The number of carbonyl (C=O) groups excluding carboxylic acids is 3. The Morgan fingerprint density at radius 1 is 1.15 bits per heavy atom. The predicted octanol–water partition coefficient (Wildman–Crippen LogP) is 0.409. The zero-order valence-corrected chi connectivity index (χ0v) is 11.6. The summed E-state index contributed by atoms with van der Waals surface area (Å²) >= 11 is 0. The van der Waals surface area contributed by atoms with E-state index >= 15 is 0 Å². The number of rotatable bonds is 8. The number of carboxylic acids is 1. The third-order valence-corrected chi connectivity index (χ3v) is 2.29. The molecule has 0 spiro atoms. The van der Waals surface area contributed by atoms with Gasteiger partial charge in [-0.3, -0.25) is 14.9 Å². The molecule has 0 saturated carbocycles. The number of nitrogens with one attached hydrogen (secondary N) is 2. The summed E-state index contributed by atoms with van der Waals surface area (Å²) in [6.45, 7) is 3.29. The van der Waals surface area contributed by atoms with E-state index in [0.717, 1.165) is 0 Å². The van der Waals surface area contributed by atoms with Crippen LogP contribution in [-0.4, -0.2) is 41.6 Å². The molecular formula is C12H20N2O6. The van der Waals surface area contributed by atoms with E-state index in [4.69, 9.17) is 5.11 Å². The lowest BCUT2D eigenvalue weighted by Crippen LogP contribution is -2.46. The number of amides is 3.